The van der Waals surface area contributed by atoms with Crippen molar-refractivity contribution in [2.24, 2.45) is 5.92 Å². The summed E-state index contributed by atoms with van der Waals surface area (Å²) in [6, 6.07) is 18.1. The summed E-state index contributed by atoms with van der Waals surface area (Å²) in [6.45, 7) is 1.91. The summed E-state index contributed by atoms with van der Waals surface area (Å²) < 4.78 is 5.30. The highest BCUT2D eigenvalue weighted by atomic mass is 32.2. The molecule has 2 aromatic carbocycles. The van der Waals surface area contributed by atoms with E-state index in [0.717, 1.165) is 43.2 Å². The van der Waals surface area contributed by atoms with Crippen LogP contribution in [0, 0.1) is 5.92 Å². The minimum Gasteiger partial charge on any atom is -0.495 e. The van der Waals surface area contributed by atoms with Crippen LogP contribution in [-0.4, -0.2) is 41.8 Å². The van der Waals surface area contributed by atoms with Crippen LogP contribution in [-0.2, 0) is 11.2 Å². The molecule has 4 rings (SSSR count). The van der Waals surface area contributed by atoms with Crippen LogP contribution in [0.15, 0.2) is 72.0 Å². The third kappa shape index (κ3) is 5.79. The molecule has 1 amide bonds. The highest BCUT2D eigenvalue weighted by molar-refractivity contribution is 8.00. The van der Waals surface area contributed by atoms with Crippen LogP contribution in [0.25, 0.3) is 0 Å². The quantitative estimate of drug-likeness (QED) is 0.505. The van der Waals surface area contributed by atoms with E-state index in [0.29, 0.717) is 17.4 Å². The summed E-state index contributed by atoms with van der Waals surface area (Å²) in [4.78, 5) is 23.9. The monoisotopic (exact) mass is 448 g/mol. The van der Waals surface area contributed by atoms with E-state index in [2.05, 4.69) is 50.5 Å². The lowest BCUT2D eigenvalue weighted by atomic mass is 9.90. The Balaban J connectivity index is 1.32. The number of hydrogen-bond acceptors (Lipinski definition) is 6. The van der Waals surface area contributed by atoms with Gasteiger partial charge in [-0.1, -0.05) is 54.2 Å². The Morgan fingerprint density at radius 2 is 1.78 bits per heavy atom. The van der Waals surface area contributed by atoms with Crippen molar-refractivity contribution in [1.82, 2.24) is 9.97 Å². The molecule has 6 nitrogen and oxygen atoms in total. The first-order chi connectivity index (χ1) is 15.7. The molecular formula is C25H28N4O2S. The predicted octanol–water partition coefficient (Wildman–Crippen LogP) is 4.68. The zero-order chi connectivity index (χ0) is 22.2. The Labute approximate surface area is 193 Å². The standard InChI is InChI=1S/C25H28N4O2S/c1-31-22-10-6-5-9-21(22)28-23(30)18-32-25-24(26-13-14-27-25)29-15-11-20(12-16-29)17-19-7-3-2-4-8-19/h2-10,13-14,20H,11-12,15-18H2,1H3,(H,28,30). The first-order valence-electron chi connectivity index (χ1n) is 10.9. The van der Waals surface area contributed by atoms with E-state index < -0.39 is 0 Å². The number of piperidine rings is 1. The van der Waals surface area contributed by atoms with Gasteiger partial charge in [-0.05, 0) is 42.9 Å². The fourth-order valence-corrected chi connectivity index (χ4v) is 4.79. The van der Waals surface area contributed by atoms with Gasteiger partial charge in [0.25, 0.3) is 0 Å². The highest BCUT2D eigenvalue weighted by Gasteiger charge is 2.23. The molecule has 0 bridgehead atoms. The van der Waals surface area contributed by atoms with Crippen LogP contribution in [0.2, 0.25) is 0 Å². The van der Waals surface area contributed by atoms with Crippen LogP contribution >= 0.6 is 11.8 Å². The van der Waals surface area contributed by atoms with Gasteiger partial charge in [-0.15, -0.1) is 0 Å². The predicted molar refractivity (Wildman–Crippen MR) is 129 cm³/mol. The van der Waals surface area contributed by atoms with Crippen LogP contribution in [0.4, 0.5) is 11.5 Å². The summed E-state index contributed by atoms with van der Waals surface area (Å²) in [7, 11) is 1.59. The summed E-state index contributed by atoms with van der Waals surface area (Å²) in [6.07, 6.45) is 6.80. The van der Waals surface area contributed by atoms with Crippen molar-refractivity contribution >= 4 is 29.2 Å². The Bertz CT molecular complexity index is 1020. The Kier molecular flexibility index (Phi) is 7.61. The van der Waals surface area contributed by atoms with E-state index in [1.165, 1.54) is 17.3 Å². The zero-order valence-electron chi connectivity index (χ0n) is 18.2. The highest BCUT2D eigenvalue weighted by Crippen LogP contribution is 2.31. The van der Waals surface area contributed by atoms with E-state index in [9.17, 15) is 4.79 Å². The molecule has 3 aromatic rings. The normalized spacial score (nSPS) is 14.2. The van der Waals surface area contributed by atoms with Crippen LogP contribution in [0.3, 0.4) is 0 Å². The van der Waals surface area contributed by atoms with Gasteiger partial charge in [0.05, 0.1) is 18.6 Å². The summed E-state index contributed by atoms with van der Waals surface area (Å²) in [5, 5.41) is 3.71. The van der Waals surface area contributed by atoms with Gasteiger partial charge in [0, 0.05) is 25.5 Å². The molecule has 0 aliphatic carbocycles. The van der Waals surface area contributed by atoms with Gasteiger partial charge in [-0.2, -0.15) is 0 Å². The number of nitrogens with one attached hydrogen (secondary N) is 1. The lowest BCUT2D eigenvalue weighted by molar-refractivity contribution is -0.113. The van der Waals surface area contributed by atoms with Crippen molar-refractivity contribution in [3.8, 4) is 5.75 Å². The van der Waals surface area contributed by atoms with Crippen molar-refractivity contribution in [3.05, 3.63) is 72.6 Å². The first-order valence-corrected chi connectivity index (χ1v) is 11.9. The van der Waals surface area contributed by atoms with Gasteiger partial charge in [0.15, 0.2) is 5.82 Å². The second-order valence-corrected chi connectivity index (χ2v) is 8.81. The number of para-hydroxylation sites is 2. The third-order valence-corrected chi connectivity index (χ3v) is 6.62. The maximum Gasteiger partial charge on any atom is 0.234 e. The number of amides is 1. The molecule has 0 atom stereocenters. The van der Waals surface area contributed by atoms with Crippen molar-refractivity contribution in [3.63, 3.8) is 0 Å². The number of ether oxygens (including phenoxy) is 1. The molecule has 1 aliphatic heterocycles. The molecule has 1 N–H and O–H groups in total. The van der Waals surface area contributed by atoms with Gasteiger partial charge < -0.3 is 15.0 Å². The summed E-state index contributed by atoms with van der Waals surface area (Å²) >= 11 is 1.42. The number of carbonyl (C=O) groups is 1. The van der Waals surface area contributed by atoms with Crippen molar-refractivity contribution in [2.75, 3.05) is 36.2 Å². The zero-order valence-corrected chi connectivity index (χ0v) is 19.1. The lowest BCUT2D eigenvalue weighted by Crippen LogP contribution is -2.35. The second-order valence-electron chi connectivity index (χ2n) is 7.84. The number of thioether (sulfide) groups is 1. The van der Waals surface area contributed by atoms with E-state index >= 15 is 0 Å². The van der Waals surface area contributed by atoms with Gasteiger partial charge >= 0.3 is 0 Å². The molecule has 32 heavy (non-hydrogen) atoms. The molecular weight excluding hydrogens is 420 g/mol. The minimum absolute atomic E-state index is 0.0994. The Morgan fingerprint density at radius 1 is 1.06 bits per heavy atom. The van der Waals surface area contributed by atoms with E-state index in [1.807, 2.05) is 24.3 Å². The number of hydrogen-bond donors (Lipinski definition) is 1. The largest absolute Gasteiger partial charge is 0.495 e. The maximum atomic E-state index is 12.5. The maximum absolute atomic E-state index is 12.5. The molecule has 1 saturated heterocycles. The number of benzene rings is 2. The average molecular weight is 449 g/mol. The number of anilines is 2. The number of nitrogens with zero attached hydrogens (tertiary/aromatic N) is 3. The van der Waals surface area contributed by atoms with Crippen molar-refractivity contribution < 1.29 is 9.53 Å². The number of rotatable bonds is 8. The van der Waals surface area contributed by atoms with E-state index in [4.69, 9.17) is 4.74 Å². The molecule has 0 spiro atoms. The molecule has 7 heteroatoms. The average Bonchev–Trinajstić information content (AvgIpc) is 2.84. The molecule has 0 radical (unpaired) electrons. The summed E-state index contributed by atoms with van der Waals surface area (Å²) in [5.41, 5.74) is 2.07. The van der Waals surface area contributed by atoms with Crippen LogP contribution in [0.5, 0.6) is 5.75 Å². The van der Waals surface area contributed by atoms with Crippen molar-refractivity contribution in [1.29, 1.82) is 0 Å². The molecule has 0 saturated carbocycles. The first kappa shape index (κ1) is 22.1. The fourth-order valence-electron chi connectivity index (χ4n) is 4.00. The molecule has 0 unspecified atom stereocenters. The van der Waals surface area contributed by atoms with Gasteiger partial charge in [-0.25, -0.2) is 9.97 Å². The Morgan fingerprint density at radius 3 is 2.56 bits per heavy atom. The molecule has 1 fully saturated rings. The fraction of sp³-hybridized carbons (Fsp3) is 0.320. The lowest BCUT2D eigenvalue weighted by Gasteiger charge is -2.33. The molecule has 166 valence electrons. The van der Waals surface area contributed by atoms with Crippen LogP contribution in [0.1, 0.15) is 18.4 Å². The smallest absolute Gasteiger partial charge is 0.234 e. The van der Waals surface area contributed by atoms with E-state index in [-0.39, 0.29) is 11.7 Å². The van der Waals surface area contributed by atoms with Gasteiger partial charge in [0.1, 0.15) is 10.8 Å². The third-order valence-electron chi connectivity index (χ3n) is 5.65. The number of aromatic nitrogens is 2. The van der Waals surface area contributed by atoms with E-state index in [1.54, 1.807) is 19.5 Å². The Hall–Kier alpha value is -3.06. The SMILES string of the molecule is COc1ccccc1NC(=O)CSc1nccnc1N1CCC(Cc2ccccc2)CC1. The van der Waals surface area contributed by atoms with Gasteiger partial charge in [-0.3, -0.25) is 4.79 Å². The van der Waals surface area contributed by atoms with Crippen molar-refractivity contribution in [2.45, 2.75) is 24.3 Å². The van der Waals surface area contributed by atoms with Gasteiger partial charge in [0.2, 0.25) is 5.91 Å². The molecule has 1 aromatic heterocycles. The molecule has 1 aliphatic rings. The topological polar surface area (TPSA) is 67.3 Å². The second kappa shape index (κ2) is 11.0. The number of methoxy groups -OCH3 is 1. The number of carbonyl (C=O) groups excluding carboxylic acids is 1. The molecule has 2 heterocycles. The van der Waals surface area contributed by atoms with Crippen LogP contribution < -0.4 is 15.0 Å². The minimum atomic E-state index is -0.0994. The summed E-state index contributed by atoms with van der Waals surface area (Å²) in [5.74, 6) is 2.37.